The molecule has 0 aliphatic carbocycles. The molecule has 3 nitrogen and oxygen atoms in total. The first-order valence-electron chi connectivity index (χ1n) is 7.90. The first-order chi connectivity index (χ1) is 9.89. The molecule has 1 N–H and O–H groups in total. The lowest BCUT2D eigenvalue weighted by Gasteiger charge is -2.37. The smallest absolute Gasteiger partial charge is 0.0424 e. The first kappa shape index (κ1) is 16.8. The molecule has 0 spiro atoms. The normalized spacial score (nSPS) is 17.3. The number of benzene rings is 1. The first-order valence-corrected chi connectivity index (χ1v) is 8.69. The summed E-state index contributed by atoms with van der Waals surface area (Å²) in [5.41, 5.74) is 2.90. The minimum absolute atomic E-state index is 0.144. The highest BCUT2D eigenvalue weighted by Gasteiger charge is 2.19. The topological polar surface area (TPSA) is 18.5 Å². The Hall–Kier alpha value is -0.580. The van der Waals surface area contributed by atoms with E-state index in [9.17, 15) is 0 Å². The van der Waals surface area contributed by atoms with Gasteiger partial charge in [-0.05, 0) is 45.0 Å². The van der Waals surface area contributed by atoms with E-state index in [1.807, 2.05) is 0 Å². The van der Waals surface area contributed by atoms with Gasteiger partial charge in [0.1, 0.15) is 0 Å². The molecule has 1 fully saturated rings. The molecule has 1 saturated heterocycles. The van der Waals surface area contributed by atoms with Crippen molar-refractivity contribution in [1.29, 1.82) is 0 Å². The molecule has 1 aliphatic rings. The molecule has 0 saturated carbocycles. The van der Waals surface area contributed by atoms with E-state index >= 15 is 0 Å². The van der Waals surface area contributed by atoms with Crippen LogP contribution < -0.4 is 10.2 Å². The number of anilines is 1. The molecule has 0 aromatic heterocycles. The summed E-state index contributed by atoms with van der Waals surface area (Å²) in [6.07, 6.45) is 0. The Kier molecular flexibility index (Phi) is 5.69. The third-order valence-electron chi connectivity index (χ3n) is 4.02. The molecule has 0 radical (unpaired) electrons. The summed E-state index contributed by atoms with van der Waals surface area (Å²) in [5, 5.41) is 3.60. The molecule has 1 aromatic carbocycles. The second-order valence-corrected chi connectivity index (χ2v) is 7.71. The Morgan fingerprint density at radius 2 is 1.81 bits per heavy atom. The third-order valence-corrected chi connectivity index (χ3v) is 4.51. The van der Waals surface area contributed by atoms with Gasteiger partial charge in [0.25, 0.3) is 0 Å². The van der Waals surface area contributed by atoms with Gasteiger partial charge in [-0.3, -0.25) is 0 Å². The van der Waals surface area contributed by atoms with Crippen molar-refractivity contribution in [1.82, 2.24) is 10.2 Å². The van der Waals surface area contributed by atoms with Crippen LogP contribution in [0, 0.1) is 0 Å². The number of piperazine rings is 1. The maximum absolute atomic E-state index is 3.62. The molecule has 1 heterocycles. The van der Waals surface area contributed by atoms with E-state index in [2.05, 4.69) is 76.9 Å². The quantitative estimate of drug-likeness (QED) is 0.893. The molecule has 0 amide bonds. The lowest BCUT2D eigenvalue weighted by atomic mass is 10.1. The highest BCUT2D eigenvalue weighted by Crippen LogP contribution is 2.26. The summed E-state index contributed by atoms with van der Waals surface area (Å²) in [5.74, 6) is 0. The van der Waals surface area contributed by atoms with Crippen LogP contribution in [0.2, 0.25) is 0 Å². The van der Waals surface area contributed by atoms with Gasteiger partial charge in [-0.2, -0.15) is 0 Å². The standard InChI is InChI=1S/C17H28BrN3/c1-5-20-8-10-21(11-9-20)16-12-15(18)7-6-14(16)13-19-17(2,3)4/h6-7,12,19H,5,8-11,13H2,1-4H3. The minimum atomic E-state index is 0.144. The molecule has 0 bridgehead atoms. The number of rotatable bonds is 4. The highest BCUT2D eigenvalue weighted by molar-refractivity contribution is 9.10. The average Bonchev–Trinajstić information content (AvgIpc) is 2.45. The molecule has 1 aromatic rings. The van der Waals surface area contributed by atoms with Crippen LogP contribution in [0.3, 0.4) is 0 Å². The summed E-state index contributed by atoms with van der Waals surface area (Å²) >= 11 is 3.62. The van der Waals surface area contributed by atoms with Crippen molar-refractivity contribution in [3.63, 3.8) is 0 Å². The maximum atomic E-state index is 3.62. The van der Waals surface area contributed by atoms with Gasteiger partial charge in [-0.25, -0.2) is 0 Å². The SMILES string of the molecule is CCN1CCN(c2cc(Br)ccc2CNC(C)(C)C)CC1. The molecule has 21 heavy (non-hydrogen) atoms. The molecular formula is C17H28BrN3. The summed E-state index contributed by atoms with van der Waals surface area (Å²) in [6, 6.07) is 6.65. The van der Waals surface area contributed by atoms with Crippen molar-refractivity contribution in [3.8, 4) is 0 Å². The van der Waals surface area contributed by atoms with E-state index in [1.54, 1.807) is 0 Å². The Morgan fingerprint density at radius 1 is 1.14 bits per heavy atom. The van der Waals surface area contributed by atoms with E-state index in [0.717, 1.165) is 43.7 Å². The molecule has 4 heteroatoms. The van der Waals surface area contributed by atoms with Gasteiger partial charge in [-0.15, -0.1) is 0 Å². The molecule has 0 unspecified atom stereocenters. The van der Waals surface area contributed by atoms with Gasteiger partial charge in [0.15, 0.2) is 0 Å². The number of hydrogen-bond donors (Lipinski definition) is 1. The fourth-order valence-electron chi connectivity index (χ4n) is 2.65. The second kappa shape index (κ2) is 7.12. The maximum Gasteiger partial charge on any atom is 0.0424 e. The third kappa shape index (κ3) is 4.97. The van der Waals surface area contributed by atoms with Crippen molar-refractivity contribution in [3.05, 3.63) is 28.2 Å². The number of likely N-dealkylation sites (N-methyl/N-ethyl adjacent to an activating group) is 1. The van der Waals surface area contributed by atoms with Gasteiger partial charge in [-0.1, -0.05) is 28.9 Å². The van der Waals surface area contributed by atoms with E-state index in [0.29, 0.717) is 0 Å². The van der Waals surface area contributed by atoms with Gasteiger partial charge in [0.2, 0.25) is 0 Å². The number of hydrogen-bond acceptors (Lipinski definition) is 3. The lowest BCUT2D eigenvalue weighted by molar-refractivity contribution is 0.271. The number of halogens is 1. The van der Waals surface area contributed by atoms with Crippen molar-refractivity contribution >= 4 is 21.6 Å². The molecule has 0 atom stereocenters. The fraction of sp³-hybridized carbons (Fsp3) is 0.647. The van der Waals surface area contributed by atoms with Crippen molar-refractivity contribution in [2.75, 3.05) is 37.6 Å². The fourth-order valence-corrected chi connectivity index (χ4v) is 3.00. The Labute approximate surface area is 137 Å². The Morgan fingerprint density at radius 3 is 2.38 bits per heavy atom. The zero-order valence-corrected chi connectivity index (χ0v) is 15.3. The average molecular weight is 354 g/mol. The van der Waals surface area contributed by atoms with Crippen LogP contribution in [0.15, 0.2) is 22.7 Å². The van der Waals surface area contributed by atoms with Gasteiger partial charge >= 0.3 is 0 Å². The highest BCUT2D eigenvalue weighted by atomic mass is 79.9. The van der Waals surface area contributed by atoms with Crippen LogP contribution in [0.25, 0.3) is 0 Å². The summed E-state index contributed by atoms with van der Waals surface area (Å²) in [4.78, 5) is 5.04. The number of nitrogens with zero attached hydrogens (tertiary/aromatic N) is 2. The zero-order valence-electron chi connectivity index (χ0n) is 13.7. The Balaban J connectivity index is 2.12. The van der Waals surface area contributed by atoms with Crippen LogP contribution >= 0.6 is 15.9 Å². The van der Waals surface area contributed by atoms with Gasteiger partial charge in [0.05, 0.1) is 0 Å². The predicted octanol–water partition coefficient (Wildman–Crippen LogP) is 3.48. The van der Waals surface area contributed by atoms with Crippen LogP contribution in [0.5, 0.6) is 0 Å². The van der Waals surface area contributed by atoms with Crippen molar-refractivity contribution in [2.24, 2.45) is 0 Å². The molecule has 1 aliphatic heterocycles. The van der Waals surface area contributed by atoms with Crippen LogP contribution in [-0.2, 0) is 6.54 Å². The largest absolute Gasteiger partial charge is 0.369 e. The predicted molar refractivity (Wildman–Crippen MR) is 95.1 cm³/mol. The summed E-state index contributed by atoms with van der Waals surface area (Å²) < 4.78 is 1.16. The molecule has 118 valence electrons. The Bertz CT molecular complexity index is 460. The van der Waals surface area contributed by atoms with E-state index in [1.165, 1.54) is 11.3 Å². The van der Waals surface area contributed by atoms with Gasteiger partial charge < -0.3 is 15.1 Å². The van der Waals surface area contributed by atoms with E-state index in [4.69, 9.17) is 0 Å². The second-order valence-electron chi connectivity index (χ2n) is 6.80. The minimum Gasteiger partial charge on any atom is -0.369 e. The number of nitrogens with one attached hydrogen (secondary N) is 1. The van der Waals surface area contributed by atoms with Crippen molar-refractivity contribution in [2.45, 2.75) is 39.8 Å². The monoisotopic (exact) mass is 353 g/mol. The van der Waals surface area contributed by atoms with Crippen molar-refractivity contribution < 1.29 is 0 Å². The van der Waals surface area contributed by atoms with Gasteiger partial charge in [0, 0.05) is 48.4 Å². The van der Waals surface area contributed by atoms with Crippen LogP contribution in [0.1, 0.15) is 33.3 Å². The zero-order chi connectivity index (χ0) is 15.5. The lowest BCUT2D eigenvalue weighted by Crippen LogP contribution is -2.46. The van der Waals surface area contributed by atoms with Crippen LogP contribution in [0.4, 0.5) is 5.69 Å². The molecular weight excluding hydrogens is 326 g/mol. The van der Waals surface area contributed by atoms with E-state index < -0.39 is 0 Å². The summed E-state index contributed by atoms with van der Waals surface area (Å²) in [6.45, 7) is 15.5. The summed E-state index contributed by atoms with van der Waals surface area (Å²) in [7, 11) is 0. The van der Waals surface area contributed by atoms with E-state index in [-0.39, 0.29) is 5.54 Å². The molecule has 2 rings (SSSR count). The van der Waals surface area contributed by atoms with Crippen LogP contribution in [-0.4, -0.2) is 43.2 Å².